The predicted octanol–water partition coefficient (Wildman–Crippen LogP) is 14.0. The van der Waals surface area contributed by atoms with Crippen LogP contribution in [-0.4, -0.2) is 132 Å². The number of carbonyl (C=O) groups is 5. The summed E-state index contributed by atoms with van der Waals surface area (Å²) in [5, 5.41) is 17.4. The zero-order valence-electron chi connectivity index (χ0n) is 59.8. The molecule has 4 heterocycles. The Labute approximate surface area is 604 Å². The normalized spacial score (nSPS) is 15.8. The van der Waals surface area contributed by atoms with Gasteiger partial charge in [0, 0.05) is 109 Å². The van der Waals surface area contributed by atoms with Crippen LogP contribution in [-0.2, 0) is 40.4 Å². The first kappa shape index (κ1) is 72.2. The van der Waals surface area contributed by atoms with Crippen LogP contribution < -0.4 is 50.2 Å². The maximum absolute atomic E-state index is 12.6. The van der Waals surface area contributed by atoms with Crippen LogP contribution >= 0.6 is 0 Å². The Kier molecular flexibility index (Phi) is 23.5. The number of para-hydroxylation sites is 8. The van der Waals surface area contributed by atoms with Gasteiger partial charge in [-0.25, -0.2) is 25.3 Å². The molecule has 0 saturated heterocycles. The fraction of sp³-hybridized carbons (Fsp3) is 0.361. The van der Waals surface area contributed by atoms with Gasteiger partial charge in [-0.1, -0.05) is 97.1 Å². The summed E-state index contributed by atoms with van der Waals surface area (Å²) < 4.78 is 15.1. The highest BCUT2D eigenvalue weighted by molar-refractivity contribution is 5.95. The largest absolute Gasteiger partial charge is 0.465 e. The molecule has 20 heteroatoms. The lowest BCUT2D eigenvalue weighted by Crippen LogP contribution is -2.45. The SMILES string of the molecule is COC(=O)c1ccc(CN2CCN(C(=O)OC(C)(C)C)c3ccccc32)cc1.COC(=O)c1ccc(CN2CCN(CC3CC3)c3ccccc32)cc1.O=C(NO)c1ccc(CN2CCN(CC3CC3)c3ccccc32)cc1.O=C(NO)c1ccc(CN2CCN(CC3CC3)c3ccccc32)cc1. The second-order valence-corrected chi connectivity index (χ2v) is 28.6. The number of methoxy groups -OCH3 is 2. The van der Waals surface area contributed by atoms with E-state index >= 15 is 0 Å². The zero-order chi connectivity index (χ0) is 72.0. The van der Waals surface area contributed by atoms with E-state index in [1.807, 2.05) is 106 Å². The molecule has 103 heavy (non-hydrogen) atoms. The number of esters is 2. The van der Waals surface area contributed by atoms with E-state index in [0.717, 1.165) is 105 Å². The molecule has 0 spiro atoms. The lowest BCUT2D eigenvalue weighted by atomic mass is 10.1. The molecule has 538 valence electrons. The van der Waals surface area contributed by atoms with Gasteiger partial charge in [-0.15, -0.1) is 0 Å². The van der Waals surface area contributed by atoms with Crippen molar-refractivity contribution in [2.24, 2.45) is 17.8 Å². The molecule has 0 aromatic heterocycles. The van der Waals surface area contributed by atoms with Crippen LogP contribution in [0.4, 0.5) is 50.3 Å². The highest BCUT2D eigenvalue weighted by atomic mass is 16.6. The third-order valence-corrected chi connectivity index (χ3v) is 19.7. The lowest BCUT2D eigenvalue weighted by molar-refractivity contribution is 0.0574. The first-order valence-electron chi connectivity index (χ1n) is 36.0. The Morgan fingerprint density at radius 3 is 0.854 bits per heavy atom. The predicted molar refractivity (Wildman–Crippen MR) is 405 cm³/mol. The van der Waals surface area contributed by atoms with E-state index in [1.54, 1.807) is 52.3 Å². The molecule has 15 rings (SSSR count). The molecule has 3 aliphatic carbocycles. The first-order chi connectivity index (χ1) is 50.0. The topological polar surface area (TPSA) is 203 Å². The minimum atomic E-state index is -0.537. The summed E-state index contributed by atoms with van der Waals surface area (Å²) in [6.45, 7) is 19.8. The Morgan fingerprint density at radius 1 is 0.350 bits per heavy atom. The van der Waals surface area contributed by atoms with Gasteiger partial charge in [-0.3, -0.25) is 24.9 Å². The number of ether oxygens (including phenoxy) is 3. The van der Waals surface area contributed by atoms with Crippen molar-refractivity contribution in [1.82, 2.24) is 11.0 Å². The monoisotopic (exact) mass is 1390 g/mol. The lowest BCUT2D eigenvalue weighted by Gasteiger charge is -2.39. The average molecular weight is 1390 g/mol. The highest BCUT2D eigenvalue weighted by Crippen LogP contribution is 2.42. The van der Waals surface area contributed by atoms with Crippen LogP contribution in [0.3, 0.4) is 0 Å². The van der Waals surface area contributed by atoms with Gasteiger partial charge in [-0.2, -0.15) is 0 Å². The minimum Gasteiger partial charge on any atom is -0.465 e. The molecule has 8 aromatic carbocycles. The minimum absolute atomic E-state index is 0.286. The second-order valence-electron chi connectivity index (χ2n) is 28.6. The molecule has 7 aliphatic rings. The molecule has 20 nitrogen and oxygen atoms in total. The molecule has 3 amide bonds. The van der Waals surface area contributed by atoms with E-state index in [9.17, 15) is 24.0 Å². The van der Waals surface area contributed by atoms with E-state index in [-0.39, 0.29) is 18.0 Å². The smallest absolute Gasteiger partial charge is 0.414 e. The van der Waals surface area contributed by atoms with Crippen molar-refractivity contribution >= 4 is 75.3 Å². The Balaban J connectivity index is 0.000000130. The molecular weight excluding hydrogens is 1300 g/mol. The molecule has 0 atom stereocenters. The summed E-state index contributed by atoms with van der Waals surface area (Å²) in [7, 11) is 2.78. The summed E-state index contributed by atoms with van der Waals surface area (Å²) in [5.74, 6) is 1.06. The molecule has 3 fully saturated rings. The van der Waals surface area contributed by atoms with Crippen molar-refractivity contribution in [1.29, 1.82) is 0 Å². The van der Waals surface area contributed by atoms with E-state index in [1.165, 1.54) is 112 Å². The Bertz CT molecular complexity index is 3880. The van der Waals surface area contributed by atoms with Crippen LogP contribution in [0.25, 0.3) is 0 Å². The van der Waals surface area contributed by atoms with Crippen molar-refractivity contribution in [2.45, 2.75) is 91.1 Å². The summed E-state index contributed by atoms with van der Waals surface area (Å²) >= 11 is 0. The number of hydroxylamine groups is 2. The number of carbonyl (C=O) groups excluding carboxylic acids is 5. The molecular formula is C83H96N10O10. The van der Waals surface area contributed by atoms with Gasteiger partial charge in [0.05, 0.1) is 70.8 Å². The zero-order valence-corrected chi connectivity index (χ0v) is 59.8. The van der Waals surface area contributed by atoms with Crippen LogP contribution in [0, 0.1) is 17.8 Å². The average Bonchev–Trinajstić information content (AvgIpc) is 1.80. The quantitative estimate of drug-likeness (QED) is 0.0273. The summed E-state index contributed by atoms with van der Waals surface area (Å²) in [6, 6.07) is 63.7. The maximum atomic E-state index is 12.6. The van der Waals surface area contributed by atoms with Crippen molar-refractivity contribution in [3.8, 4) is 0 Å². The second kappa shape index (κ2) is 33.5. The Morgan fingerprint density at radius 2 is 0.592 bits per heavy atom. The molecule has 0 bridgehead atoms. The molecule has 4 N–H and O–H groups in total. The van der Waals surface area contributed by atoms with Gasteiger partial charge in [0.1, 0.15) is 5.60 Å². The van der Waals surface area contributed by atoms with Crippen molar-refractivity contribution < 1.29 is 48.6 Å². The van der Waals surface area contributed by atoms with Gasteiger partial charge in [0.2, 0.25) is 0 Å². The summed E-state index contributed by atoms with van der Waals surface area (Å²) in [5.41, 5.74) is 19.1. The van der Waals surface area contributed by atoms with Gasteiger partial charge in [0.25, 0.3) is 11.8 Å². The van der Waals surface area contributed by atoms with Gasteiger partial charge in [0.15, 0.2) is 0 Å². The number of anilines is 8. The van der Waals surface area contributed by atoms with Crippen LogP contribution in [0.15, 0.2) is 194 Å². The van der Waals surface area contributed by atoms with Crippen molar-refractivity contribution in [3.63, 3.8) is 0 Å². The number of nitrogens with zero attached hydrogens (tertiary/aromatic N) is 8. The van der Waals surface area contributed by atoms with Crippen molar-refractivity contribution in [3.05, 3.63) is 239 Å². The number of fused-ring (bicyclic) bond motifs is 4. The van der Waals surface area contributed by atoms with E-state index in [4.69, 9.17) is 24.6 Å². The highest BCUT2D eigenvalue weighted by Gasteiger charge is 2.34. The fourth-order valence-electron chi connectivity index (χ4n) is 13.7. The molecule has 3 saturated carbocycles. The third-order valence-electron chi connectivity index (χ3n) is 19.7. The van der Waals surface area contributed by atoms with Crippen LogP contribution in [0.1, 0.15) is 123 Å². The first-order valence-corrected chi connectivity index (χ1v) is 36.0. The van der Waals surface area contributed by atoms with Crippen LogP contribution in [0.2, 0.25) is 0 Å². The van der Waals surface area contributed by atoms with Gasteiger partial charge >= 0.3 is 18.0 Å². The van der Waals surface area contributed by atoms with E-state index in [0.29, 0.717) is 41.9 Å². The fourth-order valence-corrected chi connectivity index (χ4v) is 13.7. The maximum Gasteiger partial charge on any atom is 0.414 e. The number of hydrogen-bond donors (Lipinski definition) is 4. The number of benzene rings is 8. The molecule has 4 aliphatic heterocycles. The van der Waals surface area contributed by atoms with Gasteiger partial charge in [-0.05, 0) is 196 Å². The molecule has 0 unspecified atom stereocenters. The van der Waals surface area contributed by atoms with Crippen LogP contribution in [0.5, 0.6) is 0 Å². The molecule has 0 radical (unpaired) electrons. The number of nitrogens with one attached hydrogen (secondary N) is 2. The van der Waals surface area contributed by atoms with E-state index in [2.05, 4.69) is 107 Å². The van der Waals surface area contributed by atoms with Crippen molar-refractivity contribution in [2.75, 3.05) is 125 Å². The third kappa shape index (κ3) is 19.1. The number of amides is 3. The summed E-state index contributed by atoms with van der Waals surface area (Å²) in [6.07, 6.45) is 7.92. The number of hydrogen-bond acceptors (Lipinski definition) is 17. The summed E-state index contributed by atoms with van der Waals surface area (Å²) in [4.78, 5) is 77.4. The molecule has 8 aromatic rings. The number of rotatable bonds is 18. The Hall–Kier alpha value is -10.6. The van der Waals surface area contributed by atoms with E-state index < -0.39 is 17.4 Å². The van der Waals surface area contributed by atoms with Gasteiger partial charge < -0.3 is 48.5 Å². The standard InChI is InChI=1S/C22H26N2O4.C21H24N2O2.2C20H23N3O2/c1-22(2,3)28-21(26)24-14-13-23(18-7-5-6-8-19(18)24)15-16-9-11-17(12-10-16)20(25)27-4;1-25-21(24)18-10-8-17(9-11-18)15-23-13-12-22(14-16-6-7-16)19-4-2-3-5-20(19)23;2*24-20(21-25)17-9-7-16(8-10-17)14-23-12-11-22(13-15-5-6-15)18-3-1-2-4-19(18)23/h5-12H,13-15H2,1-4H3;2-5,8-11,16H,6-7,12-15H2,1H3;2*1-4,7-10,15,25H,5-6,11-14H2,(H,21,24).